The van der Waals surface area contributed by atoms with Gasteiger partial charge < -0.3 is 14.8 Å². The third-order valence-corrected chi connectivity index (χ3v) is 3.28. The molecule has 0 saturated heterocycles. The minimum atomic E-state index is 0.462. The van der Waals surface area contributed by atoms with Crippen molar-refractivity contribution in [1.29, 1.82) is 0 Å². The Morgan fingerprint density at radius 2 is 1.95 bits per heavy atom. The monoisotopic (exact) mass is 279 g/mol. The van der Waals surface area contributed by atoms with Crippen LogP contribution in [0.2, 0.25) is 0 Å². The van der Waals surface area contributed by atoms with Gasteiger partial charge in [0.05, 0.1) is 13.7 Å². The summed E-state index contributed by atoms with van der Waals surface area (Å²) in [6, 6.07) is 6.51. The quantitative estimate of drug-likeness (QED) is 0.741. The number of methoxy groups -OCH3 is 1. The van der Waals surface area contributed by atoms with Crippen molar-refractivity contribution >= 4 is 0 Å². The largest absolute Gasteiger partial charge is 0.497 e. The zero-order valence-corrected chi connectivity index (χ0v) is 13.5. The maximum Gasteiger partial charge on any atom is 0.127 e. The van der Waals surface area contributed by atoms with Gasteiger partial charge in [0, 0.05) is 24.2 Å². The van der Waals surface area contributed by atoms with Crippen LogP contribution < -0.4 is 14.8 Å². The van der Waals surface area contributed by atoms with Gasteiger partial charge >= 0.3 is 0 Å². The molecule has 0 aliphatic rings. The van der Waals surface area contributed by atoms with E-state index in [0.29, 0.717) is 12.0 Å². The number of ether oxygens (including phenoxy) is 2. The molecule has 1 unspecified atom stereocenters. The predicted molar refractivity (Wildman–Crippen MR) is 84.5 cm³/mol. The first-order valence-electron chi connectivity index (χ1n) is 7.59. The maximum atomic E-state index is 6.01. The maximum absolute atomic E-state index is 6.01. The average Bonchev–Trinajstić information content (AvgIpc) is 2.43. The van der Waals surface area contributed by atoms with Gasteiger partial charge in [0.15, 0.2) is 0 Å². The molecular weight excluding hydrogens is 250 g/mol. The van der Waals surface area contributed by atoms with Gasteiger partial charge in [0.2, 0.25) is 0 Å². The molecule has 1 aromatic rings. The topological polar surface area (TPSA) is 30.5 Å². The summed E-state index contributed by atoms with van der Waals surface area (Å²) in [4.78, 5) is 0. The van der Waals surface area contributed by atoms with Crippen LogP contribution in [0, 0.1) is 5.92 Å². The Kier molecular flexibility index (Phi) is 7.45. The van der Waals surface area contributed by atoms with Crippen LogP contribution in [0.4, 0.5) is 0 Å². The zero-order chi connectivity index (χ0) is 15.0. The smallest absolute Gasteiger partial charge is 0.127 e. The Hall–Kier alpha value is -1.22. The van der Waals surface area contributed by atoms with Crippen LogP contribution in [0.3, 0.4) is 0 Å². The van der Waals surface area contributed by atoms with E-state index in [1.807, 2.05) is 12.1 Å². The highest BCUT2D eigenvalue weighted by Gasteiger charge is 2.09. The zero-order valence-electron chi connectivity index (χ0n) is 13.5. The van der Waals surface area contributed by atoms with Gasteiger partial charge in [-0.05, 0) is 18.4 Å². The lowest BCUT2D eigenvalue weighted by molar-refractivity contribution is 0.247. The molecule has 0 aliphatic heterocycles. The number of rotatable bonds is 9. The Bertz CT molecular complexity index is 391. The molecule has 0 heterocycles. The summed E-state index contributed by atoms with van der Waals surface area (Å²) in [5.41, 5.74) is 1.18. The highest BCUT2D eigenvalue weighted by molar-refractivity contribution is 5.40. The summed E-state index contributed by atoms with van der Waals surface area (Å²) < 4.78 is 11.3. The third-order valence-electron chi connectivity index (χ3n) is 3.28. The first-order chi connectivity index (χ1) is 9.56. The SMILES string of the molecule is CCCC(C)COc1cc(OC)ccc1CNC(C)C. The van der Waals surface area contributed by atoms with Gasteiger partial charge in [-0.1, -0.05) is 40.2 Å². The minimum absolute atomic E-state index is 0.462. The molecule has 1 rings (SSSR count). The molecule has 0 spiro atoms. The van der Waals surface area contributed by atoms with Crippen LogP contribution in [0.1, 0.15) is 46.1 Å². The molecule has 20 heavy (non-hydrogen) atoms. The first-order valence-corrected chi connectivity index (χ1v) is 7.59. The molecule has 0 aliphatic carbocycles. The molecule has 3 heteroatoms. The van der Waals surface area contributed by atoms with E-state index in [1.54, 1.807) is 7.11 Å². The second kappa shape index (κ2) is 8.85. The Morgan fingerprint density at radius 1 is 1.20 bits per heavy atom. The number of nitrogens with one attached hydrogen (secondary N) is 1. The lowest BCUT2D eigenvalue weighted by atomic mass is 10.1. The van der Waals surface area contributed by atoms with Gasteiger partial charge in [0.1, 0.15) is 11.5 Å². The fourth-order valence-electron chi connectivity index (χ4n) is 2.06. The molecule has 0 fully saturated rings. The van der Waals surface area contributed by atoms with Crippen molar-refractivity contribution in [3.63, 3.8) is 0 Å². The number of benzene rings is 1. The fraction of sp³-hybridized carbons (Fsp3) is 0.647. The Morgan fingerprint density at radius 3 is 2.55 bits per heavy atom. The Labute approximate surface area is 123 Å². The summed E-state index contributed by atoms with van der Waals surface area (Å²) in [5, 5.41) is 3.43. The van der Waals surface area contributed by atoms with Gasteiger partial charge in [-0.25, -0.2) is 0 Å². The molecule has 1 aromatic carbocycles. The molecule has 0 radical (unpaired) electrons. The molecule has 0 amide bonds. The van der Waals surface area contributed by atoms with Crippen molar-refractivity contribution in [1.82, 2.24) is 5.32 Å². The second-order valence-corrected chi connectivity index (χ2v) is 5.71. The van der Waals surface area contributed by atoms with Crippen LogP contribution >= 0.6 is 0 Å². The van der Waals surface area contributed by atoms with Crippen LogP contribution in [-0.4, -0.2) is 19.8 Å². The molecule has 1 N–H and O–H groups in total. The van der Waals surface area contributed by atoms with Crippen LogP contribution in [0.5, 0.6) is 11.5 Å². The number of hydrogen-bond acceptors (Lipinski definition) is 3. The fourth-order valence-corrected chi connectivity index (χ4v) is 2.06. The molecule has 114 valence electrons. The molecular formula is C17H29NO2. The summed E-state index contributed by atoms with van der Waals surface area (Å²) in [6.45, 7) is 10.3. The lowest BCUT2D eigenvalue weighted by Crippen LogP contribution is -2.22. The van der Waals surface area contributed by atoms with Crippen LogP contribution in [0.15, 0.2) is 18.2 Å². The van der Waals surface area contributed by atoms with Crippen molar-refractivity contribution in [3.8, 4) is 11.5 Å². The lowest BCUT2D eigenvalue weighted by Gasteiger charge is -2.17. The van der Waals surface area contributed by atoms with Crippen LogP contribution in [0.25, 0.3) is 0 Å². The van der Waals surface area contributed by atoms with Gasteiger partial charge in [-0.2, -0.15) is 0 Å². The molecule has 1 atom stereocenters. The van der Waals surface area contributed by atoms with Gasteiger partial charge in [0.25, 0.3) is 0 Å². The highest BCUT2D eigenvalue weighted by atomic mass is 16.5. The van der Waals surface area contributed by atoms with E-state index in [2.05, 4.69) is 39.1 Å². The average molecular weight is 279 g/mol. The molecule has 0 aromatic heterocycles. The normalized spacial score (nSPS) is 12.5. The molecule has 3 nitrogen and oxygen atoms in total. The standard InChI is InChI=1S/C17H29NO2/c1-6-7-14(4)12-20-17-10-16(19-5)9-8-15(17)11-18-13(2)3/h8-10,13-14,18H,6-7,11-12H2,1-5H3. The summed E-state index contributed by atoms with van der Waals surface area (Å²) in [5.74, 6) is 2.36. The van der Waals surface area contributed by atoms with Crippen LogP contribution in [-0.2, 0) is 6.54 Å². The van der Waals surface area contributed by atoms with Crippen molar-refractivity contribution in [2.24, 2.45) is 5.92 Å². The van der Waals surface area contributed by atoms with Crippen molar-refractivity contribution in [2.75, 3.05) is 13.7 Å². The van der Waals surface area contributed by atoms with E-state index in [4.69, 9.17) is 9.47 Å². The van der Waals surface area contributed by atoms with E-state index in [9.17, 15) is 0 Å². The first kappa shape index (κ1) is 16.8. The molecule has 0 saturated carbocycles. The van der Waals surface area contributed by atoms with E-state index in [0.717, 1.165) is 24.7 Å². The van der Waals surface area contributed by atoms with Crippen molar-refractivity contribution in [2.45, 2.75) is 53.1 Å². The third kappa shape index (κ3) is 5.83. The summed E-state index contributed by atoms with van der Waals surface area (Å²) >= 11 is 0. The predicted octanol–water partition coefficient (Wildman–Crippen LogP) is 4.01. The van der Waals surface area contributed by atoms with Gasteiger partial charge in [-0.15, -0.1) is 0 Å². The number of hydrogen-bond donors (Lipinski definition) is 1. The minimum Gasteiger partial charge on any atom is -0.497 e. The summed E-state index contributed by atoms with van der Waals surface area (Å²) in [6.07, 6.45) is 2.40. The van der Waals surface area contributed by atoms with Gasteiger partial charge in [-0.3, -0.25) is 0 Å². The second-order valence-electron chi connectivity index (χ2n) is 5.71. The highest BCUT2D eigenvalue weighted by Crippen LogP contribution is 2.25. The Balaban J connectivity index is 2.72. The summed E-state index contributed by atoms with van der Waals surface area (Å²) in [7, 11) is 1.69. The van der Waals surface area contributed by atoms with E-state index >= 15 is 0 Å². The molecule has 0 bridgehead atoms. The van der Waals surface area contributed by atoms with Crippen molar-refractivity contribution < 1.29 is 9.47 Å². The van der Waals surface area contributed by atoms with E-state index in [-0.39, 0.29) is 0 Å². The van der Waals surface area contributed by atoms with E-state index < -0.39 is 0 Å². The van der Waals surface area contributed by atoms with E-state index in [1.165, 1.54) is 18.4 Å². The van der Waals surface area contributed by atoms with Crippen molar-refractivity contribution in [3.05, 3.63) is 23.8 Å².